The summed E-state index contributed by atoms with van der Waals surface area (Å²) in [5, 5.41) is 0. The van der Waals surface area contributed by atoms with Crippen LogP contribution < -0.4 is 0 Å². The highest BCUT2D eigenvalue weighted by atomic mass is 15.1. The molecule has 0 saturated heterocycles. The molecule has 1 aromatic rings. The summed E-state index contributed by atoms with van der Waals surface area (Å²) in [6.07, 6.45) is 2.47. The molecule has 1 nitrogen and oxygen atoms in total. The lowest BCUT2D eigenvalue weighted by Crippen LogP contribution is -2.19. The summed E-state index contributed by atoms with van der Waals surface area (Å²) in [6.45, 7) is 2.24. The Labute approximate surface area is 81.4 Å². The molecule has 0 saturated carbocycles. The van der Waals surface area contributed by atoms with Crippen LogP contribution in [0.15, 0.2) is 30.3 Å². The number of nitrogens with zero attached hydrogens (tertiary/aromatic N) is 1. The van der Waals surface area contributed by atoms with E-state index in [2.05, 4.69) is 56.3 Å². The van der Waals surface area contributed by atoms with E-state index in [1.807, 2.05) is 0 Å². The number of hydrogen-bond acceptors (Lipinski definition) is 1. The quantitative estimate of drug-likeness (QED) is 0.683. The number of benzene rings is 1. The van der Waals surface area contributed by atoms with Crippen LogP contribution in [0.25, 0.3) is 0 Å². The average molecular weight is 177 g/mol. The van der Waals surface area contributed by atoms with Gasteiger partial charge in [0, 0.05) is 6.04 Å². The molecule has 0 aromatic heterocycles. The Bertz CT molecular complexity index is 228. The highest BCUT2D eigenvalue weighted by molar-refractivity contribution is 5.18. The first-order chi connectivity index (χ1) is 6.25. The lowest BCUT2D eigenvalue weighted by Gasteiger charge is -2.24. The molecular formula is C12H19N. The van der Waals surface area contributed by atoms with Gasteiger partial charge >= 0.3 is 0 Å². The minimum Gasteiger partial charge on any atom is -0.302 e. The van der Waals surface area contributed by atoms with E-state index in [4.69, 9.17) is 0 Å². The average Bonchev–Trinajstić information content (AvgIpc) is 2.15. The zero-order valence-electron chi connectivity index (χ0n) is 8.83. The highest BCUT2D eigenvalue weighted by Crippen LogP contribution is 2.22. The van der Waals surface area contributed by atoms with Gasteiger partial charge < -0.3 is 4.90 Å². The third-order valence-corrected chi connectivity index (χ3v) is 2.37. The van der Waals surface area contributed by atoms with E-state index in [0.29, 0.717) is 6.04 Å². The molecule has 1 rings (SSSR count). The summed E-state index contributed by atoms with van der Waals surface area (Å²) in [7, 11) is 4.29. The summed E-state index contributed by atoms with van der Waals surface area (Å²) in [6, 6.07) is 11.3. The van der Waals surface area contributed by atoms with E-state index < -0.39 is 0 Å². The molecule has 1 unspecified atom stereocenters. The summed E-state index contributed by atoms with van der Waals surface area (Å²) < 4.78 is 0. The fourth-order valence-electron chi connectivity index (χ4n) is 1.67. The normalized spacial score (nSPS) is 13.2. The van der Waals surface area contributed by atoms with Gasteiger partial charge in [-0.2, -0.15) is 0 Å². The second kappa shape index (κ2) is 5.03. The van der Waals surface area contributed by atoms with Crippen molar-refractivity contribution in [3.8, 4) is 0 Å². The largest absolute Gasteiger partial charge is 0.302 e. The fraction of sp³-hybridized carbons (Fsp3) is 0.500. The van der Waals surface area contributed by atoms with Crippen LogP contribution in [-0.2, 0) is 0 Å². The maximum Gasteiger partial charge on any atom is 0.0341 e. The van der Waals surface area contributed by atoms with Crippen LogP contribution in [0.5, 0.6) is 0 Å². The zero-order valence-corrected chi connectivity index (χ0v) is 8.83. The SMILES string of the molecule is CCCC(c1ccccc1)N(C)C. The smallest absolute Gasteiger partial charge is 0.0341 e. The van der Waals surface area contributed by atoms with Crippen LogP contribution in [0, 0.1) is 0 Å². The fourth-order valence-corrected chi connectivity index (χ4v) is 1.67. The molecule has 1 aromatic carbocycles. The van der Waals surface area contributed by atoms with Crippen molar-refractivity contribution < 1.29 is 0 Å². The molecule has 0 aliphatic heterocycles. The molecule has 0 bridgehead atoms. The molecule has 0 fully saturated rings. The van der Waals surface area contributed by atoms with Crippen molar-refractivity contribution in [1.29, 1.82) is 0 Å². The third kappa shape index (κ3) is 2.85. The molecule has 0 spiro atoms. The molecular weight excluding hydrogens is 158 g/mol. The molecule has 13 heavy (non-hydrogen) atoms. The van der Waals surface area contributed by atoms with Crippen molar-refractivity contribution in [2.75, 3.05) is 14.1 Å². The minimum absolute atomic E-state index is 0.575. The molecule has 0 radical (unpaired) electrons. The zero-order chi connectivity index (χ0) is 9.68. The van der Waals surface area contributed by atoms with Crippen molar-refractivity contribution in [3.63, 3.8) is 0 Å². The second-order valence-electron chi connectivity index (χ2n) is 3.68. The van der Waals surface area contributed by atoms with Gasteiger partial charge in [-0.1, -0.05) is 43.7 Å². The van der Waals surface area contributed by atoms with E-state index in [9.17, 15) is 0 Å². The Hall–Kier alpha value is -0.820. The van der Waals surface area contributed by atoms with Crippen LogP contribution in [-0.4, -0.2) is 19.0 Å². The molecule has 0 N–H and O–H groups in total. The lowest BCUT2D eigenvalue weighted by atomic mass is 10.0. The highest BCUT2D eigenvalue weighted by Gasteiger charge is 2.11. The van der Waals surface area contributed by atoms with Gasteiger partial charge in [-0.25, -0.2) is 0 Å². The molecule has 1 heteroatoms. The van der Waals surface area contributed by atoms with E-state index in [1.54, 1.807) is 0 Å². The summed E-state index contributed by atoms with van der Waals surface area (Å²) >= 11 is 0. The van der Waals surface area contributed by atoms with Gasteiger partial charge in [-0.3, -0.25) is 0 Å². The Morgan fingerprint density at radius 2 is 1.77 bits per heavy atom. The van der Waals surface area contributed by atoms with Gasteiger partial charge in [0.25, 0.3) is 0 Å². The topological polar surface area (TPSA) is 3.24 Å². The van der Waals surface area contributed by atoms with Gasteiger partial charge in [0.1, 0.15) is 0 Å². The van der Waals surface area contributed by atoms with Crippen molar-refractivity contribution in [2.24, 2.45) is 0 Å². The van der Waals surface area contributed by atoms with Gasteiger partial charge in [-0.15, -0.1) is 0 Å². The first-order valence-corrected chi connectivity index (χ1v) is 4.97. The number of hydrogen-bond donors (Lipinski definition) is 0. The minimum atomic E-state index is 0.575. The summed E-state index contributed by atoms with van der Waals surface area (Å²) in [5.41, 5.74) is 1.43. The summed E-state index contributed by atoms with van der Waals surface area (Å²) in [4.78, 5) is 2.29. The van der Waals surface area contributed by atoms with E-state index in [-0.39, 0.29) is 0 Å². The Balaban J connectivity index is 2.76. The lowest BCUT2D eigenvalue weighted by molar-refractivity contribution is 0.282. The van der Waals surface area contributed by atoms with Crippen molar-refractivity contribution in [1.82, 2.24) is 4.90 Å². The van der Waals surface area contributed by atoms with E-state index in [1.165, 1.54) is 18.4 Å². The van der Waals surface area contributed by atoms with Crippen molar-refractivity contribution >= 4 is 0 Å². The molecule has 0 heterocycles. The Morgan fingerprint density at radius 1 is 1.15 bits per heavy atom. The first-order valence-electron chi connectivity index (χ1n) is 4.97. The van der Waals surface area contributed by atoms with E-state index >= 15 is 0 Å². The van der Waals surface area contributed by atoms with Gasteiger partial charge in [-0.05, 0) is 26.1 Å². The maximum absolute atomic E-state index is 2.29. The predicted octanol–water partition coefficient (Wildman–Crippen LogP) is 3.09. The van der Waals surface area contributed by atoms with Crippen LogP contribution >= 0.6 is 0 Å². The van der Waals surface area contributed by atoms with Gasteiger partial charge in [0.15, 0.2) is 0 Å². The third-order valence-electron chi connectivity index (χ3n) is 2.37. The Kier molecular flexibility index (Phi) is 3.97. The van der Waals surface area contributed by atoms with E-state index in [0.717, 1.165) is 0 Å². The first kappa shape index (κ1) is 10.3. The van der Waals surface area contributed by atoms with Crippen molar-refractivity contribution in [3.05, 3.63) is 35.9 Å². The second-order valence-corrected chi connectivity index (χ2v) is 3.68. The molecule has 72 valence electrons. The molecule has 0 amide bonds. The van der Waals surface area contributed by atoms with Crippen molar-refractivity contribution in [2.45, 2.75) is 25.8 Å². The van der Waals surface area contributed by atoms with Gasteiger partial charge in [0.05, 0.1) is 0 Å². The Morgan fingerprint density at radius 3 is 2.23 bits per heavy atom. The van der Waals surface area contributed by atoms with Crippen LogP contribution in [0.2, 0.25) is 0 Å². The van der Waals surface area contributed by atoms with Crippen LogP contribution in [0.4, 0.5) is 0 Å². The predicted molar refractivity (Wildman–Crippen MR) is 57.8 cm³/mol. The molecule has 0 aliphatic rings. The standard InChI is InChI=1S/C12H19N/c1-4-8-12(13(2)3)11-9-6-5-7-10-11/h5-7,9-10,12H,4,8H2,1-3H3. The maximum atomic E-state index is 2.29. The molecule has 0 aliphatic carbocycles. The molecule has 1 atom stereocenters. The number of rotatable bonds is 4. The van der Waals surface area contributed by atoms with Crippen LogP contribution in [0.3, 0.4) is 0 Å². The van der Waals surface area contributed by atoms with Gasteiger partial charge in [0.2, 0.25) is 0 Å². The summed E-state index contributed by atoms with van der Waals surface area (Å²) in [5.74, 6) is 0. The monoisotopic (exact) mass is 177 g/mol. The van der Waals surface area contributed by atoms with Crippen LogP contribution in [0.1, 0.15) is 31.4 Å².